The molecule has 1 unspecified atom stereocenters. The van der Waals surface area contributed by atoms with Crippen LogP contribution in [-0.2, 0) is 16.6 Å². The Kier molecular flexibility index (Phi) is 8.87. The molecule has 2 N–H and O–H groups in total. The van der Waals surface area contributed by atoms with Gasteiger partial charge in [-0.05, 0) is 76.3 Å². The fraction of sp³-hybridized carbons (Fsp3) is 0.459. The lowest BCUT2D eigenvalue weighted by Gasteiger charge is -2.42. The van der Waals surface area contributed by atoms with Crippen LogP contribution in [0.1, 0.15) is 78.8 Å². The Morgan fingerprint density at radius 2 is 1.87 bits per heavy atom. The molecule has 0 bridgehead atoms. The summed E-state index contributed by atoms with van der Waals surface area (Å²) in [5, 5.41) is 9.23. The van der Waals surface area contributed by atoms with Crippen LogP contribution in [0.15, 0.2) is 53.7 Å². The minimum atomic E-state index is -2.84. The standard InChI is InChI=1S/C37H42F2N10O4/c1-21-9-13-40-34-25(12-16-47(21)34)35(51)41-26-20-48(43-31(26)33(38)39)24-17-22(18-24)19-44(2)23-10-14-46(15-11-23)27-5-4-6-28-32(27)45(3)37(53)49(28)29-7-8-30(50)42-36(29)52/h4-6,9,12-13,16,20,22-24,29,33H,7-8,10-11,14-15,17-19H2,1-3H3,(H,41,51)(H,42,50,52). The van der Waals surface area contributed by atoms with Gasteiger partial charge < -0.3 is 19.5 Å². The highest BCUT2D eigenvalue weighted by Gasteiger charge is 2.36. The quantitative estimate of drug-likeness (QED) is 0.215. The Balaban J connectivity index is 0.879. The molecule has 1 aliphatic carbocycles. The molecule has 4 aromatic heterocycles. The predicted molar refractivity (Wildman–Crippen MR) is 193 cm³/mol. The number of hydrogen-bond acceptors (Lipinski definition) is 8. The fourth-order valence-corrected chi connectivity index (χ4v) is 8.43. The number of halogens is 2. The molecule has 3 aliphatic rings. The van der Waals surface area contributed by atoms with Crippen LogP contribution in [0.25, 0.3) is 16.7 Å². The van der Waals surface area contributed by atoms with Crippen LogP contribution in [0.5, 0.6) is 0 Å². The summed E-state index contributed by atoms with van der Waals surface area (Å²) in [6.45, 7) is 4.36. The van der Waals surface area contributed by atoms with E-state index < -0.39 is 30.0 Å². The zero-order valence-corrected chi connectivity index (χ0v) is 29.8. The zero-order valence-electron chi connectivity index (χ0n) is 29.8. The van der Waals surface area contributed by atoms with E-state index in [1.54, 1.807) is 39.2 Å². The van der Waals surface area contributed by atoms with Crippen molar-refractivity contribution in [2.24, 2.45) is 13.0 Å². The monoisotopic (exact) mass is 728 g/mol. The van der Waals surface area contributed by atoms with Gasteiger partial charge in [-0.3, -0.25) is 33.5 Å². The van der Waals surface area contributed by atoms with Gasteiger partial charge in [0.15, 0.2) is 5.69 Å². The Morgan fingerprint density at radius 1 is 1.09 bits per heavy atom. The number of para-hydroxylation sites is 1. The summed E-state index contributed by atoms with van der Waals surface area (Å²) in [7, 11) is 3.86. The number of carbonyl (C=O) groups excluding carboxylic acids is 3. The van der Waals surface area contributed by atoms with Gasteiger partial charge in [0.1, 0.15) is 11.7 Å². The third-order valence-electron chi connectivity index (χ3n) is 11.4. The van der Waals surface area contributed by atoms with Crippen LogP contribution in [0, 0.1) is 12.8 Å². The number of anilines is 2. The number of piperidine rings is 2. The van der Waals surface area contributed by atoms with Crippen molar-refractivity contribution in [3.05, 3.63) is 76.4 Å². The molecule has 278 valence electrons. The maximum atomic E-state index is 14.0. The molecule has 6 heterocycles. The molecular formula is C37H42F2N10O4. The van der Waals surface area contributed by atoms with Crippen LogP contribution in [0.3, 0.4) is 0 Å². The Bertz CT molecular complexity index is 2290. The molecule has 16 heteroatoms. The zero-order chi connectivity index (χ0) is 37.1. The summed E-state index contributed by atoms with van der Waals surface area (Å²) in [4.78, 5) is 59.9. The minimum Gasteiger partial charge on any atom is -0.370 e. The predicted octanol–water partition coefficient (Wildman–Crippen LogP) is 4.21. The Morgan fingerprint density at radius 3 is 2.60 bits per heavy atom. The average Bonchev–Trinajstić information content (AvgIpc) is 3.81. The first-order chi connectivity index (χ1) is 25.5. The fourth-order valence-electron chi connectivity index (χ4n) is 8.43. The first kappa shape index (κ1) is 34.7. The molecule has 8 rings (SSSR count). The molecule has 0 radical (unpaired) electrons. The summed E-state index contributed by atoms with van der Waals surface area (Å²) in [5.41, 5.74) is 3.33. The van der Waals surface area contributed by atoms with Gasteiger partial charge in [-0.2, -0.15) is 5.10 Å². The van der Waals surface area contributed by atoms with E-state index >= 15 is 0 Å². The number of rotatable bonds is 9. The van der Waals surface area contributed by atoms with Gasteiger partial charge in [0, 0.05) is 63.4 Å². The second-order valence-electron chi connectivity index (χ2n) is 14.6. The molecule has 1 saturated carbocycles. The largest absolute Gasteiger partial charge is 0.370 e. The molecule has 14 nitrogen and oxygen atoms in total. The number of nitrogens with one attached hydrogen (secondary N) is 2. The molecule has 2 saturated heterocycles. The highest BCUT2D eigenvalue weighted by Crippen LogP contribution is 2.40. The molecule has 5 aromatic rings. The van der Waals surface area contributed by atoms with Crippen molar-refractivity contribution < 1.29 is 23.2 Å². The first-order valence-corrected chi connectivity index (χ1v) is 18.1. The second kappa shape index (κ2) is 13.5. The van der Waals surface area contributed by atoms with Gasteiger partial charge in [-0.1, -0.05) is 6.07 Å². The van der Waals surface area contributed by atoms with Crippen molar-refractivity contribution in [2.75, 3.05) is 36.9 Å². The van der Waals surface area contributed by atoms with Crippen molar-refractivity contribution in [3.63, 3.8) is 0 Å². The maximum Gasteiger partial charge on any atom is 0.329 e. The summed E-state index contributed by atoms with van der Waals surface area (Å²) in [6, 6.07) is 8.83. The van der Waals surface area contributed by atoms with Crippen molar-refractivity contribution in [3.8, 4) is 0 Å². The molecule has 3 amide bonds. The number of imidazole rings is 1. The second-order valence-corrected chi connectivity index (χ2v) is 14.6. The molecule has 1 atom stereocenters. The number of amides is 3. The average molecular weight is 729 g/mol. The molecule has 1 aromatic carbocycles. The minimum absolute atomic E-state index is 0.00707. The number of carbonyl (C=O) groups is 3. The van der Waals surface area contributed by atoms with E-state index in [0.29, 0.717) is 28.7 Å². The highest BCUT2D eigenvalue weighted by atomic mass is 19.3. The van der Waals surface area contributed by atoms with E-state index in [1.807, 2.05) is 31.2 Å². The van der Waals surface area contributed by atoms with Crippen LogP contribution in [0.2, 0.25) is 0 Å². The summed E-state index contributed by atoms with van der Waals surface area (Å²) >= 11 is 0. The SMILES string of the molecule is Cc1ccnc2c(C(=O)Nc3cn(C4CC(CN(C)C5CCN(c6cccc7c6n(C)c(=O)n7C6CCC(=O)NC6=O)CC5)C4)nc3C(F)F)ccn12. The summed E-state index contributed by atoms with van der Waals surface area (Å²) < 4.78 is 34.6. The van der Waals surface area contributed by atoms with Gasteiger partial charge in [0.2, 0.25) is 11.8 Å². The van der Waals surface area contributed by atoms with Crippen molar-refractivity contribution in [2.45, 2.75) is 70.0 Å². The number of aromatic nitrogens is 6. The molecular weight excluding hydrogens is 686 g/mol. The number of nitrogens with zero attached hydrogens (tertiary/aromatic N) is 8. The van der Waals surface area contributed by atoms with E-state index in [4.69, 9.17) is 0 Å². The van der Waals surface area contributed by atoms with Crippen LogP contribution < -0.4 is 21.2 Å². The van der Waals surface area contributed by atoms with Crippen LogP contribution in [-0.4, -0.2) is 83.6 Å². The lowest BCUT2D eigenvalue weighted by atomic mass is 9.79. The molecule has 3 fully saturated rings. The van der Waals surface area contributed by atoms with Crippen molar-refractivity contribution in [1.82, 2.24) is 38.5 Å². The normalized spacial score (nSPS) is 21.2. The number of alkyl halides is 2. The topological polar surface area (TPSA) is 144 Å². The van der Waals surface area contributed by atoms with E-state index in [2.05, 4.69) is 37.6 Å². The Labute approximate surface area is 303 Å². The van der Waals surface area contributed by atoms with Gasteiger partial charge in [0.25, 0.3) is 12.3 Å². The third-order valence-corrected chi connectivity index (χ3v) is 11.4. The Hall–Kier alpha value is -5.38. The van der Waals surface area contributed by atoms with E-state index in [0.717, 1.165) is 62.2 Å². The van der Waals surface area contributed by atoms with E-state index in [1.165, 1.54) is 10.8 Å². The number of aryl methyl sites for hydroxylation is 2. The number of imide groups is 1. The van der Waals surface area contributed by atoms with Gasteiger partial charge in [-0.15, -0.1) is 0 Å². The number of hydrogen-bond donors (Lipinski definition) is 2. The van der Waals surface area contributed by atoms with Gasteiger partial charge in [0.05, 0.1) is 34.0 Å². The first-order valence-electron chi connectivity index (χ1n) is 18.1. The molecule has 2 aliphatic heterocycles. The molecule has 0 spiro atoms. The van der Waals surface area contributed by atoms with Crippen molar-refractivity contribution >= 4 is 45.8 Å². The number of fused-ring (bicyclic) bond motifs is 2. The molecule has 53 heavy (non-hydrogen) atoms. The van der Waals surface area contributed by atoms with E-state index in [9.17, 15) is 28.0 Å². The van der Waals surface area contributed by atoms with Gasteiger partial charge >= 0.3 is 5.69 Å². The third kappa shape index (κ3) is 6.17. The number of benzene rings is 1. The van der Waals surface area contributed by atoms with Crippen LogP contribution in [0.4, 0.5) is 20.2 Å². The van der Waals surface area contributed by atoms with Gasteiger partial charge in [-0.25, -0.2) is 18.6 Å². The smallest absolute Gasteiger partial charge is 0.329 e. The summed E-state index contributed by atoms with van der Waals surface area (Å²) in [6.07, 6.45) is 5.95. The lowest BCUT2D eigenvalue weighted by molar-refractivity contribution is -0.135. The van der Waals surface area contributed by atoms with Crippen molar-refractivity contribution in [1.29, 1.82) is 0 Å². The highest BCUT2D eigenvalue weighted by molar-refractivity contribution is 6.08. The lowest BCUT2D eigenvalue weighted by Crippen LogP contribution is -2.46. The summed E-state index contributed by atoms with van der Waals surface area (Å²) in [5.74, 6) is -0.900. The van der Waals surface area contributed by atoms with Crippen LogP contribution >= 0.6 is 0 Å². The maximum absolute atomic E-state index is 14.0. The van der Waals surface area contributed by atoms with E-state index in [-0.39, 0.29) is 36.2 Å².